The lowest BCUT2D eigenvalue weighted by atomic mass is 10.2. The van der Waals surface area contributed by atoms with Gasteiger partial charge in [-0.15, -0.1) is 0 Å². The molecule has 134 valence electrons. The number of carbonyl (C=O) groups is 1. The lowest BCUT2D eigenvalue weighted by Gasteiger charge is -2.05. The minimum absolute atomic E-state index is 0.125. The van der Waals surface area contributed by atoms with Crippen LogP contribution in [-0.4, -0.2) is 30.4 Å². The van der Waals surface area contributed by atoms with Crippen molar-refractivity contribution in [2.75, 3.05) is 5.32 Å². The van der Waals surface area contributed by atoms with Crippen LogP contribution in [-0.2, 0) is 6.67 Å². The zero-order valence-electron chi connectivity index (χ0n) is 14.0. The number of hydrogen-bond donors (Lipinski definition) is 1. The van der Waals surface area contributed by atoms with Crippen LogP contribution in [0.4, 0.5) is 11.4 Å². The fourth-order valence-corrected chi connectivity index (χ4v) is 2.72. The Morgan fingerprint density at radius 2 is 2.00 bits per heavy atom. The lowest BCUT2D eigenvalue weighted by Crippen LogP contribution is -2.16. The van der Waals surface area contributed by atoms with Gasteiger partial charge in [0.25, 0.3) is 11.6 Å². The monoisotopic (exact) mass is 418 g/mol. The Hall–Kier alpha value is -3.01. The van der Waals surface area contributed by atoms with Crippen LogP contribution in [0.3, 0.4) is 0 Å². The maximum atomic E-state index is 12.3. The highest BCUT2D eigenvalue weighted by Crippen LogP contribution is 2.23. The number of nitrogens with zero attached hydrogens (tertiary/aromatic N) is 5. The van der Waals surface area contributed by atoms with E-state index in [0.29, 0.717) is 6.67 Å². The predicted octanol–water partition coefficient (Wildman–Crippen LogP) is 3.13. The summed E-state index contributed by atoms with van der Waals surface area (Å²) in [6.45, 7) is 4.16. The highest BCUT2D eigenvalue weighted by atomic mass is 79.9. The van der Waals surface area contributed by atoms with Crippen LogP contribution in [0.2, 0.25) is 0 Å². The Labute approximate surface area is 156 Å². The molecule has 2 heterocycles. The molecule has 3 aromatic rings. The Kier molecular flexibility index (Phi) is 4.85. The number of carbonyl (C=O) groups excluding carboxylic acids is 1. The molecule has 10 heteroatoms. The average molecular weight is 419 g/mol. The summed E-state index contributed by atoms with van der Waals surface area (Å²) in [4.78, 5) is 22.8. The van der Waals surface area contributed by atoms with Gasteiger partial charge in [-0.25, -0.2) is 4.68 Å². The fraction of sp³-hybridized carbons (Fsp3) is 0.188. The number of aromatic nitrogens is 4. The summed E-state index contributed by atoms with van der Waals surface area (Å²) in [7, 11) is 0. The molecule has 26 heavy (non-hydrogen) atoms. The Morgan fingerprint density at radius 1 is 1.27 bits per heavy atom. The zero-order valence-corrected chi connectivity index (χ0v) is 15.6. The standard InChI is InChI=1S/C16H15BrN6O3/c1-10-15(17)11(2)22(19-10)9-21-8-7-13(20-21)16(24)18-12-5-3-4-6-14(12)23(25)26/h3-8H,9H2,1-2H3,(H,18,24). The molecule has 0 bridgehead atoms. The number of nitro benzene ring substituents is 1. The summed E-state index contributed by atoms with van der Waals surface area (Å²) in [5, 5.41) is 22.2. The number of nitro groups is 1. The molecule has 0 fully saturated rings. The Bertz CT molecular complexity index is 994. The van der Waals surface area contributed by atoms with Gasteiger partial charge in [0.1, 0.15) is 12.4 Å². The first kappa shape index (κ1) is 17.8. The quantitative estimate of drug-likeness (QED) is 0.505. The molecule has 0 aliphatic heterocycles. The van der Waals surface area contributed by atoms with E-state index in [1.807, 2.05) is 13.8 Å². The van der Waals surface area contributed by atoms with Gasteiger partial charge in [0, 0.05) is 12.3 Å². The summed E-state index contributed by atoms with van der Waals surface area (Å²) in [6.07, 6.45) is 1.65. The molecule has 0 spiro atoms. The minimum Gasteiger partial charge on any atom is -0.315 e. The molecule has 3 rings (SSSR count). The third kappa shape index (κ3) is 3.49. The Morgan fingerprint density at radius 3 is 2.65 bits per heavy atom. The van der Waals surface area contributed by atoms with E-state index in [1.165, 1.54) is 18.2 Å². The van der Waals surface area contributed by atoms with E-state index in [0.717, 1.165) is 15.9 Å². The van der Waals surface area contributed by atoms with Crippen molar-refractivity contribution < 1.29 is 9.72 Å². The van der Waals surface area contributed by atoms with E-state index in [9.17, 15) is 14.9 Å². The van der Waals surface area contributed by atoms with E-state index >= 15 is 0 Å². The predicted molar refractivity (Wildman–Crippen MR) is 98.1 cm³/mol. The summed E-state index contributed by atoms with van der Waals surface area (Å²) in [5.74, 6) is -0.521. The van der Waals surface area contributed by atoms with Crippen LogP contribution in [0.15, 0.2) is 41.0 Å². The second-order valence-corrected chi connectivity index (χ2v) is 6.39. The molecule has 0 radical (unpaired) electrons. The molecular formula is C16H15BrN6O3. The van der Waals surface area contributed by atoms with Crippen LogP contribution in [0.1, 0.15) is 21.9 Å². The minimum atomic E-state index is -0.547. The molecular weight excluding hydrogens is 404 g/mol. The van der Waals surface area contributed by atoms with Crippen molar-refractivity contribution in [3.8, 4) is 0 Å². The van der Waals surface area contributed by atoms with Crippen molar-refractivity contribution in [3.63, 3.8) is 0 Å². The molecule has 0 aliphatic carbocycles. The van der Waals surface area contributed by atoms with E-state index in [1.54, 1.807) is 27.7 Å². The number of rotatable bonds is 5. The van der Waals surface area contributed by atoms with E-state index in [2.05, 4.69) is 31.4 Å². The van der Waals surface area contributed by atoms with Gasteiger partial charge in [0.05, 0.1) is 20.8 Å². The van der Waals surface area contributed by atoms with Crippen molar-refractivity contribution in [3.05, 3.63) is 68.2 Å². The third-order valence-electron chi connectivity index (χ3n) is 3.79. The molecule has 1 N–H and O–H groups in total. The second-order valence-electron chi connectivity index (χ2n) is 5.59. The number of amides is 1. The molecule has 0 unspecified atom stereocenters. The molecule has 1 aromatic carbocycles. The van der Waals surface area contributed by atoms with Crippen LogP contribution in [0, 0.1) is 24.0 Å². The van der Waals surface area contributed by atoms with Crippen molar-refractivity contribution in [1.82, 2.24) is 19.6 Å². The summed E-state index contributed by atoms with van der Waals surface area (Å²) in [5.41, 5.74) is 1.92. The van der Waals surface area contributed by atoms with Gasteiger partial charge < -0.3 is 5.32 Å². The van der Waals surface area contributed by atoms with Gasteiger partial charge >= 0.3 is 0 Å². The normalized spacial score (nSPS) is 10.7. The first-order valence-electron chi connectivity index (χ1n) is 7.64. The van der Waals surface area contributed by atoms with Crippen molar-refractivity contribution >= 4 is 33.2 Å². The first-order chi connectivity index (χ1) is 12.4. The Balaban J connectivity index is 1.76. The fourth-order valence-electron chi connectivity index (χ4n) is 2.44. The van der Waals surface area contributed by atoms with Gasteiger partial charge in [-0.05, 0) is 41.9 Å². The van der Waals surface area contributed by atoms with E-state index < -0.39 is 10.8 Å². The van der Waals surface area contributed by atoms with Crippen LogP contribution >= 0.6 is 15.9 Å². The smallest absolute Gasteiger partial charge is 0.292 e. The number of anilines is 1. The van der Waals surface area contributed by atoms with Crippen molar-refractivity contribution in [2.45, 2.75) is 20.5 Å². The molecule has 2 aromatic heterocycles. The number of benzene rings is 1. The maximum absolute atomic E-state index is 12.3. The second kappa shape index (κ2) is 7.08. The molecule has 0 saturated carbocycles. The largest absolute Gasteiger partial charge is 0.315 e. The highest BCUT2D eigenvalue weighted by molar-refractivity contribution is 9.10. The highest BCUT2D eigenvalue weighted by Gasteiger charge is 2.17. The van der Waals surface area contributed by atoms with Gasteiger partial charge in [-0.2, -0.15) is 10.2 Å². The zero-order chi connectivity index (χ0) is 18.8. The number of nitrogens with one attached hydrogen (secondary N) is 1. The van der Waals surface area contributed by atoms with Crippen LogP contribution < -0.4 is 5.32 Å². The molecule has 0 atom stereocenters. The molecule has 0 saturated heterocycles. The van der Waals surface area contributed by atoms with Gasteiger partial charge in [-0.3, -0.25) is 19.6 Å². The molecule has 9 nitrogen and oxygen atoms in total. The summed E-state index contributed by atoms with van der Waals surface area (Å²) in [6, 6.07) is 7.50. The van der Waals surface area contributed by atoms with E-state index in [4.69, 9.17) is 0 Å². The van der Waals surface area contributed by atoms with Gasteiger partial charge in [0.2, 0.25) is 0 Å². The molecule has 1 amide bonds. The summed E-state index contributed by atoms with van der Waals surface area (Å²) < 4.78 is 4.26. The van der Waals surface area contributed by atoms with Crippen molar-refractivity contribution in [1.29, 1.82) is 0 Å². The van der Waals surface area contributed by atoms with Crippen LogP contribution in [0.5, 0.6) is 0 Å². The average Bonchev–Trinajstić information content (AvgIpc) is 3.17. The maximum Gasteiger partial charge on any atom is 0.292 e. The number of hydrogen-bond acceptors (Lipinski definition) is 5. The number of para-hydroxylation sites is 2. The lowest BCUT2D eigenvalue weighted by molar-refractivity contribution is -0.383. The summed E-state index contributed by atoms with van der Waals surface area (Å²) >= 11 is 3.47. The van der Waals surface area contributed by atoms with Gasteiger partial charge in [-0.1, -0.05) is 12.1 Å². The SMILES string of the molecule is Cc1nn(Cn2ccc(C(=O)Nc3ccccc3[N+](=O)[O-])n2)c(C)c1Br. The third-order valence-corrected chi connectivity index (χ3v) is 4.94. The van der Waals surface area contributed by atoms with Gasteiger partial charge in [0.15, 0.2) is 5.69 Å². The molecule has 0 aliphatic rings. The van der Waals surface area contributed by atoms with Crippen LogP contribution in [0.25, 0.3) is 0 Å². The van der Waals surface area contributed by atoms with E-state index in [-0.39, 0.29) is 17.1 Å². The topological polar surface area (TPSA) is 108 Å². The first-order valence-corrected chi connectivity index (χ1v) is 8.44. The van der Waals surface area contributed by atoms with Crippen molar-refractivity contribution in [2.24, 2.45) is 0 Å². The number of aryl methyl sites for hydroxylation is 1. The number of halogens is 1.